The van der Waals surface area contributed by atoms with E-state index in [1.807, 2.05) is 49.6 Å². The van der Waals surface area contributed by atoms with E-state index in [0.717, 1.165) is 39.1 Å². The average molecular weight is 434 g/mol. The van der Waals surface area contributed by atoms with Crippen LogP contribution in [0.2, 0.25) is 0 Å². The summed E-state index contributed by atoms with van der Waals surface area (Å²) in [6.07, 6.45) is 8.66. The molecule has 160 valence electrons. The molecule has 0 spiro atoms. The van der Waals surface area contributed by atoms with Gasteiger partial charge >= 0.3 is 0 Å². The lowest BCUT2D eigenvalue weighted by Gasteiger charge is -2.12. The highest BCUT2D eigenvalue weighted by molar-refractivity contribution is 5.93. The summed E-state index contributed by atoms with van der Waals surface area (Å²) >= 11 is 0. The van der Waals surface area contributed by atoms with Gasteiger partial charge in [0.05, 0.1) is 5.52 Å². The van der Waals surface area contributed by atoms with Gasteiger partial charge in [-0.3, -0.25) is 4.40 Å². The molecule has 4 heterocycles. The number of aryl methyl sites for hydroxylation is 1. The molecule has 0 unspecified atom stereocenters. The first-order valence-electron chi connectivity index (χ1n) is 10.3. The molecule has 2 aromatic carbocycles. The van der Waals surface area contributed by atoms with Crippen LogP contribution in [0.5, 0.6) is 11.6 Å². The van der Waals surface area contributed by atoms with E-state index in [-0.39, 0.29) is 0 Å². The Morgan fingerprint density at radius 1 is 0.939 bits per heavy atom. The molecule has 0 amide bonds. The van der Waals surface area contributed by atoms with Gasteiger partial charge in [-0.2, -0.15) is 0 Å². The molecule has 0 fully saturated rings. The third-order valence-electron chi connectivity index (χ3n) is 5.38. The topological polar surface area (TPSA) is 106 Å². The molecule has 0 atom stereocenters. The van der Waals surface area contributed by atoms with Gasteiger partial charge in [0.15, 0.2) is 5.65 Å². The maximum absolute atomic E-state index is 5.97. The largest absolute Gasteiger partial charge is 0.439 e. The standard InChI is InChI=1S/C24H18N8O/c1-15-8-18(3-5-21(15)33-23-10-22-31-29-14-32(22)13-28-23)30-24-19-9-16(17-6-7-25-11-17)2-4-20(19)26-12-27-24/h2-14,25H,1H3,(H,26,27,30). The number of ether oxygens (including phenoxy) is 1. The zero-order valence-electron chi connectivity index (χ0n) is 17.6. The van der Waals surface area contributed by atoms with Gasteiger partial charge in [0.25, 0.3) is 0 Å². The minimum Gasteiger partial charge on any atom is -0.439 e. The van der Waals surface area contributed by atoms with Crippen molar-refractivity contribution in [3.63, 3.8) is 0 Å². The van der Waals surface area contributed by atoms with Gasteiger partial charge in [0.1, 0.15) is 30.5 Å². The van der Waals surface area contributed by atoms with E-state index in [0.29, 0.717) is 17.3 Å². The number of nitrogens with one attached hydrogen (secondary N) is 2. The fraction of sp³-hybridized carbons (Fsp3) is 0.0417. The summed E-state index contributed by atoms with van der Waals surface area (Å²) in [5.41, 5.74) is 5.60. The quantitative estimate of drug-likeness (QED) is 0.397. The first-order valence-corrected chi connectivity index (χ1v) is 10.3. The lowest BCUT2D eigenvalue weighted by Crippen LogP contribution is -1.98. The van der Waals surface area contributed by atoms with Gasteiger partial charge in [-0.1, -0.05) is 6.07 Å². The maximum Gasteiger partial charge on any atom is 0.224 e. The summed E-state index contributed by atoms with van der Waals surface area (Å²) in [6, 6.07) is 15.8. The lowest BCUT2D eigenvalue weighted by molar-refractivity contribution is 0.458. The van der Waals surface area contributed by atoms with Crippen LogP contribution in [-0.2, 0) is 0 Å². The van der Waals surface area contributed by atoms with Crippen molar-refractivity contribution in [3.8, 4) is 22.8 Å². The van der Waals surface area contributed by atoms with Gasteiger partial charge in [0, 0.05) is 29.5 Å². The van der Waals surface area contributed by atoms with Gasteiger partial charge in [-0.25, -0.2) is 15.0 Å². The van der Waals surface area contributed by atoms with Gasteiger partial charge < -0.3 is 15.0 Å². The summed E-state index contributed by atoms with van der Waals surface area (Å²) in [6.45, 7) is 1.98. The number of fused-ring (bicyclic) bond motifs is 2. The Hall–Kier alpha value is -4.79. The van der Waals surface area contributed by atoms with Crippen LogP contribution in [0.1, 0.15) is 5.56 Å². The summed E-state index contributed by atoms with van der Waals surface area (Å²) in [4.78, 5) is 16.3. The highest BCUT2D eigenvalue weighted by Gasteiger charge is 2.10. The molecule has 6 rings (SSSR count). The smallest absolute Gasteiger partial charge is 0.224 e. The van der Waals surface area contributed by atoms with Crippen LogP contribution < -0.4 is 10.1 Å². The minimum absolute atomic E-state index is 0.457. The second-order valence-electron chi connectivity index (χ2n) is 7.58. The second-order valence-corrected chi connectivity index (χ2v) is 7.58. The molecule has 0 saturated carbocycles. The number of anilines is 2. The van der Waals surface area contributed by atoms with Crippen molar-refractivity contribution in [1.82, 2.24) is 34.5 Å². The molecule has 0 aliphatic rings. The fourth-order valence-corrected chi connectivity index (χ4v) is 3.70. The van der Waals surface area contributed by atoms with Crippen LogP contribution in [0.3, 0.4) is 0 Å². The summed E-state index contributed by atoms with van der Waals surface area (Å²) < 4.78 is 7.69. The molecule has 0 bridgehead atoms. The van der Waals surface area contributed by atoms with Gasteiger partial charge in [0.2, 0.25) is 5.88 Å². The predicted octanol–water partition coefficient (Wildman–Crippen LogP) is 4.91. The molecule has 9 heteroatoms. The molecular formula is C24H18N8O. The Morgan fingerprint density at radius 3 is 2.79 bits per heavy atom. The molecule has 0 aliphatic carbocycles. The fourth-order valence-electron chi connectivity index (χ4n) is 3.70. The SMILES string of the molecule is Cc1cc(Nc2ncnc3ccc(-c4cc[nH]c4)cc23)ccc1Oc1cc2nncn2cn1. The summed E-state index contributed by atoms with van der Waals surface area (Å²) in [5, 5.41) is 12.2. The van der Waals surface area contributed by atoms with Gasteiger partial charge in [-0.05, 0) is 60.0 Å². The van der Waals surface area contributed by atoms with Crippen LogP contribution in [0, 0.1) is 6.92 Å². The number of benzene rings is 2. The van der Waals surface area contributed by atoms with E-state index in [9.17, 15) is 0 Å². The Labute approximate surface area is 188 Å². The predicted molar refractivity (Wildman–Crippen MR) is 125 cm³/mol. The number of hydrogen-bond acceptors (Lipinski definition) is 7. The van der Waals surface area contributed by atoms with Crippen molar-refractivity contribution in [3.05, 3.63) is 85.5 Å². The molecule has 0 saturated heterocycles. The Kier molecular flexibility index (Phi) is 4.43. The summed E-state index contributed by atoms with van der Waals surface area (Å²) in [7, 11) is 0. The van der Waals surface area contributed by atoms with E-state index in [4.69, 9.17) is 4.74 Å². The van der Waals surface area contributed by atoms with Crippen molar-refractivity contribution in [1.29, 1.82) is 0 Å². The zero-order chi connectivity index (χ0) is 22.2. The van der Waals surface area contributed by atoms with Crippen molar-refractivity contribution < 1.29 is 4.74 Å². The Bertz CT molecular complexity index is 1590. The number of hydrogen-bond donors (Lipinski definition) is 2. The lowest BCUT2D eigenvalue weighted by atomic mass is 10.1. The monoisotopic (exact) mass is 434 g/mol. The molecular weight excluding hydrogens is 416 g/mol. The van der Waals surface area contributed by atoms with E-state index in [1.165, 1.54) is 0 Å². The average Bonchev–Trinajstić information content (AvgIpc) is 3.53. The number of H-pyrrole nitrogens is 1. The number of aromatic nitrogens is 7. The highest BCUT2D eigenvalue weighted by Crippen LogP contribution is 2.31. The van der Waals surface area contributed by atoms with E-state index in [2.05, 4.69) is 47.6 Å². The number of nitrogens with zero attached hydrogens (tertiary/aromatic N) is 6. The molecule has 33 heavy (non-hydrogen) atoms. The maximum atomic E-state index is 5.97. The van der Waals surface area contributed by atoms with Crippen molar-refractivity contribution in [2.45, 2.75) is 6.92 Å². The minimum atomic E-state index is 0.457. The van der Waals surface area contributed by atoms with E-state index < -0.39 is 0 Å². The van der Waals surface area contributed by atoms with Gasteiger partial charge in [-0.15, -0.1) is 10.2 Å². The molecule has 0 aliphatic heterocycles. The molecule has 2 N–H and O–H groups in total. The third kappa shape index (κ3) is 3.61. The number of rotatable bonds is 5. The number of aromatic amines is 1. The van der Waals surface area contributed by atoms with Crippen LogP contribution in [0.25, 0.3) is 27.7 Å². The van der Waals surface area contributed by atoms with Crippen LogP contribution >= 0.6 is 0 Å². The molecule has 9 nitrogen and oxygen atoms in total. The van der Waals surface area contributed by atoms with Crippen molar-refractivity contribution in [2.24, 2.45) is 0 Å². The molecule has 6 aromatic rings. The highest BCUT2D eigenvalue weighted by atomic mass is 16.5. The zero-order valence-corrected chi connectivity index (χ0v) is 17.6. The Balaban J connectivity index is 1.29. The molecule has 4 aromatic heterocycles. The van der Waals surface area contributed by atoms with E-state index >= 15 is 0 Å². The molecule has 0 radical (unpaired) electrons. The normalized spacial score (nSPS) is 11.2. The first kappa shape index (κ1) is 18.9. The van der Waals surface area contributed by atoms with E-state index in [1.54, 1.807) is 29.4 Å². The van der Waals surface area contributed by atoms with Crippen LogP contribution in [0.4, 0.5) is 11.5 Å². The summed E-state index contributed by atoms with van der Waals surface area (Å²) in [5.74, 6) is 1.90. The van der Waals surface area contributed by atoms with Crippen LogP contribution in [0.15, 0.2) is 79.9 Å². The van der Waals surface area contributed by atoms with Crippen LogP contribution in [-0.4, -0.2) is 34.5 Å². The van der Waals surface area contributed by atoms with Crippen molar-refractivity contribution >= 4 is 28.1 Å². The third-order valence-corrected chi connectivity index (χ3v) is 5.38. The first-order chi connectivity index (χ1) is 16.2. The Morgan fingerprint density at radius 2 is 1.91 bits per heavy atom. The van der Waals surface area contributed by atoms with Crippen molar-refractivity contribution in [2.75, 3.05) is 5.32 Å². The second kappa shape index (κ2) is 7.72.